The molecule has 0 heterocycles. The first kappa shape index (κ1) is 16.2. The van der Waals surface area contributed by atoms with Gasteiger partial charge in [-0.05, 0) is 31.5 Å². The van der Waals surface area contributed by atoms with Crippen molar-refractivity contribution in [1.29, 1.82) is 0 Å². The third-order valence-electron chi connectivity index (χ3n) is 4.13. The predicted molar refractivity (Wildman–Crippen MR) is 84.4 cm³/mol. The van der Waals surface area contributed by atoms with E-state index in [-0.39, 0.29) is 5.41 Å². The second kappa shape index (κ2) is 7.06. The summed E-state index contributed by atoms with van der Waals surface area (Å²) in [4.78, 5) is 2.50. The molecule has 0 saturated heterocycles. The van der Waals surface area contributed by atoms with Crippen LogP contribution in [0, 0.1) is 5.41 Å². The van der Waals surface area contributed by atoms with Crippen molar-refractivity contribution in [3.05, 3.63) is 35.9 Å². The Bertz CT molecular complexity index is 353. The number of hydrogen-bond donors (Lipinski definition) is 1. The highest BCUT2D eigenvalue weighted by Gasteiger charge is 2.28. The maximum absolute atomic E-state index is 3.49. The number of nitrogens with zero attached hydrogens (tertiary/aromatic N) is 1. The average Bonchev–Trinajstić information content (AvgIpc) is 2.38. The quantitative estimate of drug-likeness (QED) is 0.841. The Kier molecular flexibility index (Phi) is 6.02. The Morgan fingerprint density at radius 3 is 2.21 bits per heavy atom. The molecule has 0 fully saturated rings. The number of rotatable bonds is 6. The topological polar surface area (TPSA) is 15.3 Å². The molecular formula is C17H30N2. The van der Waals surface area contributed by atoms with Crippen LogP contribution in [-0.2, 0) is 0 Å². The van der Waals surface area contributed by atoms with Gasteiger partial charge in [0.2, 0.25) is 0 Å². The van der Waals surface area contributed by atoms with Crippen molar-refractivity contribution in [2.45, 2.75) is 46.7 Å². The summed E-state index contributed by atoms with van der Waals surface area (Å²) in [5.41, 5.74) is 1.68. The van der Waals surface area contributed by atoms with E-state index in [2.05, 4.69) is 82.2 Å². The molecule has 0 bridgehead atoms. The van der Waals surface area contributed by atoms with Gasteiger partial charge in [0, 0.05) is 18.6 Å². The van der Waals surface area contributed by atoms with Crippen LogP contribution in [0.25, 0.3) is 0 Å². The van der Waals surface area contributed by atoms with Gasteiger partial charge in [0.15, 0.2) is 0 Å². The molecule has 2 unspecified atom stereocenters. The largest absolute Gasteiger partial charge is 0.315 e. The molecular weight excluding hydrogens is 232 g/mol. The van der Waals surface area contributed by atoms with Crippen molar-refractivity contribution >= 4 is 0 Å². The van der Waals surface area contributed by atoms with E-state index in [1.54, 1.807) is 0 Å². The molecule has 0 aliphatic heterocycles. The van der Waals surface area contributed by atoms with Crippen LogP contribution < -0.4 is 5.32 Å². The van der Waals surface area contributed by atoms with Crippen LogP contribution in [0.15, 0.2) is 30.3 Å². The fourth-order valence-electron chi connectivity index (χ4n) is 2.33. The molecule has 0 aliphatic carbocycles. The molecule has 19 heavy (non-hydrogen) atoms. The van der Waals surface area contributed by atoms with Crippen LogP contribution in [0.4, 0.5) is 0 Å². The van der Waals surface area contributed by atoms with Gasteiger partial charge in [-0.3, -0.25) is 4.90 Å². The van der Waals surface area contributed by atoms with Crippen molar-refractivity contribution in [1.82, 2.24) is 10.2 Å². The smallest absolute Gasteiger partial charge is 0.0472 e. The van der Waals surface area contributed by atoms with E-state index in [0.717, 1.165) is 13.1 Å². The van der Waals surface area contributed by atoms with Gasteiger partial charge in [0.25, 0.3) is 0 Å². The first-order valence-corrected chi connectivity index (χ1v) is 7.35. The van der Waals surface area contributed by atoms with Crippen LogP contribution in [0.2, 0.25) is 0 Å². The molecule has 2 nitrogen and oxygen atoms in total. The van der Waals surface area contributed by atoms with Gasteiger partial charge in [-0.15, -0.1) is 0 Å². The van der Waals surface area contributed by atoms with E-state index in [1.807, 2.05) is 0 Å². The van der Waals surface area contributed by atoms with Gasteiger partial charge in [-0.1, -0.05) is 58.0 Å². The summed E-state index contributed by atoms with van der Waals surface area (Å²) in [6, 6.07) is 11.8. The minimum absolute atomic E-state index is 0.286. The van der Waals surface area contributed by atoms with E-state index in [9.17, 15) is 0 Å². The molecule has 108 valence electrons. The standard InChI is InChI=1S/C17H30N2/c1-7-18-13-16(15-11-9-8-10-12-15)19(6)14(2)17(3,4)5/h8-12,14,16,18H,7,13H2,1-6H3. The fourth-order valence-corrected chi connectivity index (χ4v) is 2.33. The monoisotopic (exact) mass is 262 g/mol. The lowest BCUT2D eigenvalue weighted by molar-refractivity contribution is 0.0962. The molecule has 1 aromatic rings. The van der Waals surface area contributed by atoms with E-state index in [0.29, 0.717) is 12.1 Å². The van der Waals surface area contributed by atoms with Crippen molar-refractivity contribution in [3.8, 4) is 0 Å². The van der Waals surface area contributed by atoms with Crippen LogP contribution in [0.3, 0.4) is 0 Å². The highest BCUT2D eigenvalue weighted by molar-refractivity contribution is 5.19. The molecule has 0 amide bonds. The second-order valence-corrected chi connectivity index (χ2v) is 6.44. The predicted octanol–water partition coefficient (Wildman–Crippen LogP) is 3.70. The van der Waals surface area contributed by atoms with Crippen LogP contribution in [0.5, 0.6) is 0 Å². The second-order valence-electron chi connectivity index (χ2n) is 6.44. The van der Waals surface area contributed by atoms with Crippen LogP contribution in [-0.4, -0.2) is 31.1 Å². The summed E-state index contributed by atoms with van der Waals surface area (Å²) in [5.74, 6) is 0. The highest BCUT2D eigenvalue weighted by Crippen LogP contribution is 2.29. The lowest BCUT2D eigenvalue weighted by Crippen LogP contribution is -2.44. The van der Waals surface area contributed by atoms with Gasteiger partial charge < -0.3 is 5.32 Å². The van der Waals surface area contributed by atoms with E-state index in [1.165, 1.54) is 5.56 Å². The van der Waals surface area contributed by atoms with Gasteiger partial charge in [0.1, 0.15) is 0 Å². The van der Waals surface area contributed by atoms with E-state index in [4.69, 9.17) is 0 Å². The lowest BCUT2D eigenvalue weighted by atomic mass is 9.86. The first-order chi connectivity index (χ1) is 8.88. The van der Waals surface area contributed by atoms with Gasteiger partial charge in [-0.25, -0.2) is 0 Å². The minimum Gasteiger partial charge on any atom is -0.315 e. The minimum atomic E-state index is 0.286. The molecule has 2 atom stereocenters. The first-order valence-electron chi connectivity index (χ1n) is 7.35. The summed E-state index contributed by atoms with van der Waals surface area (Å²) in [5, 5.41) is 3.49. The Morgan fingerprint density at radius 2 is 1.74 bits per heavy atom. The van der Waals surface area contributed by atoms with Crippen molar-refractivity contribution in [2.24, 2.45) is 5.41 Å². The third-order valence-corrected chi connectivity index (χ3v) is 4.13. The van der Waals surface area contributed by atoms with Gasteiger partial charge in [-0.2, -0.15) is 0 Å². The lowest BCUT2D eigenvalue weighted by Gasteiger charge is -2.40. The maximum Gasteiger partial charge on any atom is 0.0472 e. The Morgan fingerprint density at radius 1 is 1.16 bits per heavy atom. The summed E-state index contributed by atoms with van der Waals surface area (Å²) in [6.45, 7) is 13.4. The summed E-state index contributed by atoms with van der Waals surface area (Å²) >= 11 is 0. The summed E-state index contributed by atoms with van der Waals surface area (Å²) in [6.07, 6.45) is 0. The normalized spacial score (nSPS) is 15.5. The molecule has 1 N–H and O–H groups in total. The molecule has 0 saturated carbocycles. The zero-order valence-corrected chi connectivity index (χ0v) is 13.4. The summed E-state index contributed by atoms with van der Waals surface area (Å²) in [7, 11) is 2.24. The number of nitrogens with one attached hydrogen (secondary N) is 1. The SMILES string of the molecule is CCNCC(c1ccccc1)N(C)C(C)C(C)(C)C. The molecule has 0 aromatic heterocycles. The van der Waals surface area contributed by atoms with Gasteiger partial charge >= 0.3 is 0 Å². The molecule has 1 aromatic carbocycles. The number of likely N-dealkylation sites (N-methyl/N-ethyl adjacent to an activating group) is 2. The van der Waals surface area contributed by atoms with Crippen molar-refractivity contribution in [3.63, 3.8) is 0 Å². The Labute approximate surface area is 119 Å². The number of benzene rings is 1. The van der Waals surface area contributed by atoms with Crippen LogP contribution in [0.1, 0.15) is 46.2 Å². The molecule has 0 spiro atoms. The zero-order valence-electron chi connectivity index (χ0n) is 13.4. The zero-order chi connectivity index (χ0) is 14.5. The van der Waals surface area contributed by atoms with Gasteiger partial charge in [0.05, 0.1) is 0 Å². The van der Waals surface area contributed by atoms with E-state index >= 15 is 0 Å². The molecule has 0 aliphatic rings. The van der Waals surface area contributed by atoms with Crippen molar-refractivity contribution < 1.29 is 0 Å². The molecule has 2 heteroatoms. The fraction of sp³-hybridized carbons (Fsp3) is 0.647. The highest BCUT2D eigenvalue weighted by atomic mass is 15.2. The van der Waals surface area contributed by atoms with E-state index < -0.39 is 0 Å². The average molecular weight is 262 g/mol. The Balaban J connectivity index is 2.91. The Hall–Kier alpha value is -0.860. The summed E-state index contributed by atoms with van der Waals surface area (Å²) < 4.78 is 0. The van der Waals surface area contributed by atoms with Crippen LogP contribution >= 0.6 is 0 Å². The van der Waals surface area contributed by atoms with Crippen molar-refractivity contribution in [2.75, 3.05) is 20.1 Å². The number of hydrogen-bond acceptors (Lipinski definition) is 2. The molecule has 0 radical (unpaired) electrons. The molecule has 1 rings (SSSR count). The third kappa shape index (κ3) is 4.63. The maximum atomic E-state index is 3.49.